The fraction of sp³-hybridized carbons (Fsp3) is 0.286. The lowest BCUT2D eigenvalue weighted by Gasteiger charge is -2.15. The molecular formula is C14H18N4O2. The van der Waals surface area contributed by atoms with E-state index in [0.29, 0.717) is 18.0 Å². The fourth-order valence-corrected chi connectivity index (χ4v) is 1.77. The number of benzene rings is 1. The van der Waals surface area contributed by atoms with Gasteiger partial charge in [0.15, 0.2) is 11.9 Å². The quantitative estimate of drug-likeness (QED) is 0.860. The molecule has 6 nitrogen and oxygen atoms in total. The molecule has 1 atom stereocenters. The summed E-state index contributed by atoms with van der Waals surface area (Å²) in [5, 5.41) is 6.80. The summed E-state index contributed by atoms with van der Waals surface area (Å²) in [7, 11) is 1.79. The van der Waals surface area contributed by atoms with Gasteiger partial charge in [-0.3, -0.25) is 9.48 Å². The van der Waals surface area contributed by atoms with Crippen molar-refractivity contribution >= 4 is 11.6 Å². The molecule has 1 aromatic carbocycles. The number of hydrogen-bond acceptors (Lipinski definition) is 4. The van der Waals surface area contributed by atoms with Crippen LogP contribution in [0.5, 0.6) is 5.75 Å². The predicted octanol–water partition coefficient (Wildman–Crippen LogP) is 1.28. The van der Waals surface area contributed by atoms with Crippen LogP contribution in [0.3, 0.4) is 0 Å². The molecule has 6 heteroatoms. The van der Waals surface area contributed by atoms with E-state index in [-0.39, 0.29) is 5.91 Å². The number of ether oxygens (including phenoxy) is 1. The van der Waals surface area contributed by atoms with Gasteiger partial charge in [0.1, 0.15) is 0 Å². The fourth-order valence-electron chi connectivity index (χ4n) is 1.77. The molecule has 0 spiro atoms. The molecule has 0 radical (unpaired) electrons. The number of anilines is 1. The minimum atomic E-state index is -0.620. The summed E-state index contributed by atoms with van der Waals surface area (Å²) in [5.74, 6) is 0.331. The van der Waals surface area contributed by atoms with Crippen molar-refractivity contribution in [3.63, 3.8) is 0 Å². The van der Waals surface area contributed by atoms with E-state index in [1.807, 2.05) is 24.3 Å². The molecule has 0 aliphatic rings. The number of nitrogens with two attached hydrogens (primary N) is 1. The van der Waals surface area contributed by atoms with Crippen molar-refractivity contribution in [3.05, 3.63) is 42.2 Å². The Morgan fingerprint density at radius 2 is 2.25 bits per heavy atom. The Morgan fingerprint density at radius 3 is 2.90 bits per heavy atom. The van der Waals surface area contributed by atoms with E-state index in [2.05, 4.69) is 10.4 Å². The van der Waals surface area contributed by atoms with Gasteiger partial charge < -0.3 is 15.8 Å². The van der Waals surface area contributed by atoms with Gasteiger partial charge in [0.25, 0.3) is 5.91 Å². The normalized spacial score (nSPS) is 11.9. The smallest absolute Gasteiger partial charge is 0.265 e. The second kappa shape index (κ2) is 6.21. The number of nitrogens with zero attached hydrogens (tertiary/aromatic N) is 2. The largest absolute Gasteiger partial charge is 0.478 e. The number of para-hydroxylation sites is 1. The van der Waals surface area contributed by atoms with E-state index in [9.17, 15) is 4.79 Å². The maximum absolute atomic E-state index is 12.1. The third-order valence-corrected chi connectivity index (χ3v) is 2.86. The number of carbonyl (C=O) groups is 1. The Morgan fingerprint density at radius 1 is 1.50 bits per heavy atom. The van der Waals surface area contributed by atoms with E-state index in [1.165, 1.54) is 0 Å². The van der Waals surface area contributed by atoms with Crippen molar-refractivity contribution in [1.82, 2.24) is 9.78 Å². The first kappa shape index (κ1) is 14.1. The van der Waals surface area contributed by atoms with Gasteiger partial charge in [-0.05, 0) is 18.6 Å². The van der Waals surface area contributed by atoms with Crippen LogP contribution < -0.4 is 15.8 Å². The van der Waals surface area contributed by atoms with Crippen molar-refractivity contribution in [3.8, 4) is 5.75 Å². The van der Waals surface area contributed by atoms with Gasteiger partial charge >= 0.3 is 0 Å². The van der Waals surface area contributed by atoms with Gasteiger partial charge in [-0.25, -0.2) is 0 Å². The van der Waals surface area contributed by atoms with Crippen LogP contribution in [0.25, 0.3) is 0 Å². The van der Waals surface area contributed by atoms with Crippen LogP contribution in [0.15, 0.2) is 36.7 Å². The highest BCUT2D eigenvalue weighted by Gasteiger charge is 2.16. The van der Waals surface area contributed by atoms with Crippen LogP contribution in [-0.4, -0.2) is 21.8 Å². The first-order valence-corrected chi connectivity index (χ1v) is 6.34. The SMILES string of the molecule is CC(Oc1cnn(C)c1)C(=O)Nc1ccccc1CN. The monoisotopic (exact) mass is 274 g/mol. The molecule has 1 heterocycles. The summed E-state index contributed by atoms with van der Waals surface area (Å²) in [5.41, 5.74) is 7.23. The molecule has 3 N–H and O–H groups in total. The van der Waals surface area contributed by atoms with Gasteiger partial charge in [-0.15, -0.1) is 0 Å². The van der Waals surface area contributed by atoms with Crippen LogP contribution >= 0.6 is 0 Å². The average molecular weight is 274 g/mol. The summed E-state index contributed by atoms with van der Waals surface area (Å²) >= 11 is 0. The molecule has 0 aliphatic carbocycles. The molecule has 2 aromatic rings. The summed E-state index contributed by atoms with van der Waals surface area (Å²) < 4.78 is 7.13. The lowest BCUT2D eigenvalue weighted by Crippen LogP contribution is -2.30. The average Bonchev–Trinajstić information content (AvgIpc) is 2.84. The van der Waals surface area contributed by atoms with E-state index in [1.54, 1.807) is 31.0 Å². The zero-order chi connectivity index (χ0) is 14.5. The van der Waals surface area contributed by atoms with Gasteiger partial charge in [0.05, 0.1) is 12.4 Å². The molecular weight excluding hydrogens is 256 g/mol. The number of amides is 1. The first-order valence-electron chi connectivity index (χ1n) is 6.34. The molecule has 1 amide bonds. The van der Waals surface area contributed by atoms with Gasteiger partial charge in [0.2, 0.25) is 0 Å². The highest BCUT2D eigenvalue weighted by Crippen LogP contribution is 2.16. The van der Waals surface area contributed by atoms with Crippen LogP contribution in [0.2, 0.25) is 0 Å². The number of aromatic nitrogens is 2. The zero-order valence-corrected chi connectivity index (χ0v) is 11.5. The van der Waals surface area contributed by atoms with E-state index in [0.717, 1.165) is 5.56 Å². The van der Waals surface area contributed by atoms with Crippen molar-refractivity contribution in [2.45, 2.75) is 19.6 Å². The zero-order valence-electron chi connectivity index (χ0n) is 11.5. The lowest BCUT2D eigenvalue weighted by molar-refractivity contribution is -0.122. The maximum Gasteiger partial charge on any atom is 0.265 e. The first-order chi connectivity index (χ1) is 9.60. The minimum absolute atomic E-state index is 0.227. The molecule has 1 unspecified atom stereocenters. The Balaban J connectivity index is 2.00. The molecule has 2 rings (SSSR count). The number of nitrogens with one attached hydrogen (secondary N) is 1. The highest BCUT2D eigenvalue weighted by molar-refractivity contribution is 5.94. The number of rotatable bonds is 5. The predicted molar refractivity (Wildman–Crippen MR) is 76.3 cm³/mol. The highest BCUT2D eigenvalue weighted by atomic mass is 16.5. The summed E-state index contributed by atoms with van der Waals surface area (Å²) in [6.45, 7) is 2.06. The van der Waals surface area contributed by atoms with Gasteiger partial charge in [-0.2, -0.15) is 5.10 Å². The lowest BCUT2D eigenvalue weighted by atomic mass is 10.1. The summed E-state index contributed by atoms with van der Waals surface area (Å²) in [6, 6.07) is 7.42. The molecule has 0 bridgehead atoms. The van der Waals surface area contributed by atoms with E-state index < -0.39 is 6.10 Å². The number of hydrogen-bond donors (Lipinski definition) is 2. The topological polar surface area (TPSA) is 82.2 Å². The molecule has 0 saturated carbocycles. The molecule has 20 heavy (non-hydrogen) atoms. The number of carbonyl (C=O) groups excluding carboxylic acids is 1. The van der Waals surface area contributed by atoms with Crippen LogP contribution in [-0.2, 0) is 18.4 Å². The van der Waals surface area contributed by atoms with E-state index >= 15 is 0 Å². The third-order valence-electron chi connectivity index (χ3n) is 2.86. The van der Waals surface area contributed by atoms with Crippen LogP contribution in [0.1, 0.15) is 12.5 Å². The van der Waals surface area contributed by atoms with Crippen molar-refractivity contribution < 1.29 is 9.53 Å². The van der Waals surface area contributed by atoms with Gasteiger partial charge in [0, 0.05) is 19.3 Å². The van der Waals surface area contributed by atoms with Crippen molar-refractivity contribution in [2.24, 2.45) is 12.8 Å². The van der Waals surface area contributed by atoms with Crippen LogP contribution in [0, 0.1) is 0 Å². The van der Waals surface area contributed by atoms with Crippen LogP contribution in [0.4, 0.5) is 5.69 Å². The van der Waals surface area contributed by atoms with Crippen molar-refractivity contribution in [2.75, 3.05) is 5.32 Å². The molecule has 0 fully saturated rings. The van der Waals surface area contributed by atoms with Gasteiger partial charge in [-0.1, -0.05) is 18.2 Å². The Labute approximate surface area is 117 Å². The molecule has 1 aromatic heterocycles. The van der Waals surface area contributed by atoms with Crippen molar-refractivity contribution in [1.29, 1.82) is 0 Å². The second-order valence-electron chi connectivity index (χ2n) is 4.46. The molecule has 106 valence electrons. The minimum Gasteiger partial charge on any atom is -0.478 e. The second-order valence-corrected chi connectivity index (χ2v) is 4.46. The Hall–Kier alpha value is -2.34. The standard InChI is InChI=1S/C14H18N4O2/c1-10(20-12-8-16-18(2)9-12)14(19)17-13-6-4-3-5-11(13)7-15/h3-6,8-10H,7,15H2,1-2H3,(H,17,19). The maximum atomic E-state index is 12.1. The number of aryl methyl sites for hydroxylation is 1. The molecule has 0 saturated heterocycles. The summed E-state index contributed by atoms with van der Waals surface area (Å²) in [4.78, 5) is 12.1. The Kier molecular flexibility index (Phi) is 4.37. The van der Waals surface area contributed by atoms with E-state index in [4.69, 9.17) is 10.5 Å². The molecule has 0 aliphatic heterocycles. The summed E-state index contributed by atoms with van der Waals surface area (Å²) in [6.07, 6.45) is 2.65. The Bertz CT molecular complexity index is 594. The third kappa shape index (κ3) is 3.36.